The maximum absolute atomic E-state index is 12.7. The lowest BCUT2D eigenvalue weighted by molar-refractivity contribution is -0.124. The number of aryl methyl sites for hydroxylation is 1. The molecule has 0 heterocycles. The number of carbonyl (C=O) groups is 2. The minimum absolute atomic E-state index is 0.0846. The molecule has 2 rings (SSSR count). The van der Waals surface area contributed by atoms with Crippen LogP contribution in [0, 0.1) is 6.92 Å². The van der Waals surface area contributed by atoms with Gasteiger partial charge in [-0.25, -0.2) is 10.3 Å². The molecule has 0 aliphatic carbocycles. The average Bonchev–Trinajstić information content (AvgIpc) is 2.76. The van der Waals surface area contributed by atoms with Gasteiger partial charge in [0, 0.05) is 28.9 Å². The Morgan fingerprint density at radius 1 is 1.19 bits per heavy atom. The molecule has 0 spiro atoms. The Bertz CT molecular complexity index is 966. The highest BCUT2D eigenvalue weighted by atomic mass is 79.9. The number of hydroxylamine groups is 1. The van der Waals surface area contributed by atoms with Crippen LogP contribution >= 0.6 is 31.9 Å². The Balaban J connectivity index is 2.27. The summed E-state index contributed by atoms with van der Waals surface area (Å²) in [6.45, 7) is 1.94. The van der Waals surface area contributed by atoms with Crippen LogP contribution in [0.15, 0.2) is 57.5 Å². The van der Waals surface area contributed by atoms with E-state index in [1.54, 1.807) is 30.3 Å². The van der Waals surface area contributed by atoms with Gasteiger partial charge in [0.25, 0.3) is 5.91 Å². The van der Waals surface area contributed by atoms with Gasteiger partial charge in [0.1, 0.15) is 5.75 Å². The van der Waals surface area contributed by atoms with Crippen LogP contribution in [0.3, 0.4) is 0 Å². The molecular weight excluding hydrogens is 548 g/mol. The molecule has 0 unspecified atom stereocenters. The van der Waals surface area contributed by atoms with Crippen molar-refractivity contribution in [1.82, 2.24) is 5.48 Å². The van der Waals surface area contributed by atoms with Crippen molar-refractivity contribution in [2.24, 2.45) is 0 Å². The number of aromatic hydroxyl groups is 1. The number of halogens is 2. The van der Waals surface area contributed by atoms with E-state index in [1.807, 2.05) is 19.1 Å². The van der Waals surface area contributed by atoms with Gasteiger partial charge in [-0.2, -0.15) is 0 Å². The second-order valence-electron chi connectivity index (χ2n) is 6.87. The lowest BCUT2D eigenvalue weighted by atomic mass is 9.99. The lowest BCUT2D eigenvalue weighted by Crippen LogP contribution is -2.28. The van der Waals surface area contributed by atoms with Crippen LogP contribution in [0.1, 0.15) is 30.1 Å². The van der Waals surface area contributed by atoms with Gasteiger partial charge in [0.05, 0.1) is 10.6 Å². The van der Waals surface area contributed by atoms with E-state index in [9.17, 15) is 14.7 Å². The van der Waals surface area contributed by atoms with Crippen LogP contribution in [-0.2, 0) is 14.3 Å². The van der Waals surface area contributed by atoms with E-state index < -0.39 is 24.2 Å². The predicted molar refractivity (Wildman–Crippen MR) is 127 cm³/mol. The van der Waals surface area contributed by atoms with Crippen LogP contribution in [0.4, 0.5) is 10.5 Å². The molecule has 172 valence electrons. The average molecular weight is 572 g/mol. The van der Waals surface area contributed by atoms with E-state index >= 15 is 0 Å². The van der Waals surface area contributed by atoms with Crippen LogP contribution < -0.4 is 10.8 Å². The number of hydrogen-bond acceptors (Lipinski definition) is 6. The molecule has 2 amide bonds. The molecule has 8 nitrogen and oxygen atoms in total. The predicted octanol–water partition coefficient (Wildman–Crippen LogP) is 5.37. The summed E-state index contributed by atoms with van der Waals surface area (Å²) in [6, 6.07) is 10.5. The summed E-state index contributed by atoms with van der Waals surface area (Å²) in [5.74, 6) is -0.739. The lowest BCUT2D eigenvalue weighted by Gasteiger charge is -2.27. The zero-order valence-corrected chi connectivity index (χ0v) is 20.6. The molecule has 2 aromatic rings. The number of methoxy groups -OCH3 is 1. The smallest absolute Gasteiger partial charge is 0.412 e. The Morgan fingerprint density at radius 2 is 1.88 bits per heavy atom. The standard InChI is InChI=1S/C22H24Br2N2O6/c1-13-7-9-15(10-8-13)25-22(29)32-21(16-11-14(23)12-17(24)20(16)28)18(31-2)5-3-4-6-19(27)26-30/h4,6-12,18,21,28,30H,3,5H2,1-2H3,(H,25,29)(H,26,27)/b6-4+/t18-,21-/m1/s1. The summed E-state index contributed by atoms with van der Waals surface area (Å²) in [6.07, 6.45) is 1.16. The Kier molecular flexibility index (Phi) is 10.2. The van der Waals surface area contributed by atoms with Crippen molar-refractivity contribution in [3.8, 4) is 5.75 Å². The Morgan fingerprint density at radius 3 is 2.50 bits per heavy atom. The summed E-state index contributed by atoms with van der Waals surface area (Å²) in [4.78, 5) is 23.8. The zero-order chi connectivity index (χ0) is 23.7. The third kappa shape index (κ3) is 7.63. The molecule has 2 atom stereocenters. The van der Waals surface area contributed by atoms with Gasteiger partial charge in [-0.15, -0.1) is 0 Å². The topological polar surface area (TPSA) is 117 Å². The largest absolute Gasteiger partial charge is 0.506 e. The first-order valence-electron chi connectivity index (χ1n) is 9.60. The van der Waals surface area contributed by atoms with Gasteiger partial charge in [0.2, 0.25) is 0 Å². The van der Waals surface area contributed by atoms with Gasteiger partial charge < -0.3 is 14.6 Å². The number of carbonyl (C=O) groups excluding carboxylic acids is 2. The van der Waals surface area contributed by atoms with Crippen molar-refractivity contribution < 1.29 is 29.4 Å². The molecule has 0 aliphatic rings. The Labute approximate surface area is 202 Å². The maximum atomic E-state index is 12.7. The highest BCUT2D eigenvalue weighted by Gasteiger charge is 2.30. The highest BCUT2D eigenvalue weighted by Crippen LogP contribution is 2.39. The number of phenolic OH excluding ortho intramolecular Hbond substituents is 1. The van der Waals surface area contributed by atoms with Crippen molar-refractivity contribution in [3.63, 3.8) is 0 Å². The van der Waals surface area contributed by atoms with Gasteiger partial charge in [0.15, 0.2) is 6.10 Å². The molecule has 0 saturated heterocycles. The number of anilines is 1. The van der Waals surface area contributed by atoms with Gasteiger partial charge in [-0.05, 0) is 60.0 Å². The van der Waals surface area contributed by atoms with E-state index in [4.69, 9.17) is 14.7 Å². The number of benzene rings is 2. The van der Waals surface area contributed by atoms with Crippen molar-refractivity contribution in [2.45, 2.75) is 32.0 Å². The molecule has 2 aromatic carbocycles. The van der Waals surface area contributed by atoms with E-state index in [0.29, 0.717) is 33.0 Å². The summed E-state index contributed by atoms with van der Waals surface area (Å²) >= 11 is 6.68. The third-order valence-electron chi connectivity index (χ3n) is 4.53. The zero-order valence-electron chi connectivity index (χ0n) is 17.5. The Hall–Kier alpha value is -2.40. The number of hydrogen-bond donors (Lipinski definition) is 4. The number of rotatable bonds is 9. The quantitative estimate of drug-likeness (QED) is 0.182. The third-order valence-corrected chi connectivity index (χ3v) is 5.60. The fraction of sp³-hybridized carbons (Fsp3) is 0.273. The fourth-order valence-corrected chi connectivity index (χ4v) is 4.18. The molecule has 4 N–H and O–H groups in total. The number of ether oxygens (including phenoxy) is 2. The first kappa shape index (κ1) is 25.9. The van der Waals surface area contributed by atoms with Crippen LogP contribution in [-0.4, -0.2) is 35.5 Å². The van der Waals surface area contributed by atoms with Crippen LogP contribution in [0.25, 0.3) is 0 Å². The fourth-order valence-electron chi connectivity index (χ4n) is 2.92. The van der Waals surface area contributed by atoms with Gasteiger partial charge in [-0.1, -0.05) is 39.7 Å². The normalized spacial score (nSPS) is 12.9. The van der Waals surface area contributed by atoms with Crippen molar-refractivity contribution in [2.75, 3.05) is 12.4 Å². The number of phenols is 1. The second kappa shape index (κ2) is 12.6. The maximum Gasteiger partial charge on any atom is 0.412 e. The number of amides is 2. The second-order valence-corrected chi connectivity index (χ2v) is 8.64. The van der Waals surface area contributed by atoms with E-state index in [0.717, 1.165) is 5.56 Å². The number of nitrogens with one attached hydrogen (secondary N) is 2. The van der Waals surface area contributed by atoms with Crippen molar-refractivity contribution in [1.29, 1.82) is 0 Å². The first-order chi connectivity index (χ1) is 15.2. The molecule has 0 bridgehead atoms. The van der Waals surface area contributed by atoms with E-state index in [-0.39, 0.29) is 5.75 Å². The minimum atomic E-state index is -0.959. The molecule has 0 aromatic heterocycles. The van der Waals surface area contributed by atoms with E-state index in [2.05, 4.69) is 37.2 Å². The van der Waals surface area contributed by atoms with Crippen LogP contribution in [0.2, 0.25) is 0 Å². The van der Waals surface area contributed by atoms with Crippen molar-refractivity contribution >= 4 is 49.5 Å². The summed E-state index contributed by atoms with van der Waals surface area (Å²) in [7, 11) is 1.47. The summed E-state index contributed by atoms with van der Waals surface area (Å²) < 4.78 is 12.4. The molecule has 0 fully saturated rings. The molecule has 10 heteroatoms. The highest BCUT2D eigenvalue weighted by molar-refractivity contribution is 9.11. The van der Waals surface area contributed by atoms with Gasteiger partial charge in [-0.3, -0.25) is 15.3 Å². The minimum Gasteiger partial charge on any atom is -0.506 e. The summed E-state index contributed by atoms with van der Waals surface area (Å²) in [5, 5.41) is 21.9. The molecule has 0 saturated carbocycles. The molecule has 32 heavy (non-hydrogen) atoms. The molecule has 0 aliphatic heterocycles. The molecule has 0 radical (unpaired) electrons. The SMILES string of the molecule is CO[C@H](CC/C=C/C(=O)NO)[C@H](OC(=O)Nc1ccc(C)cc1)c1cc(Br)cc(Br)c1O. The number of allylic oxidation sites excluding steroid dienone is 1. The first-order valence-corrected chi connectivity index (χ1v) is 11.2. The summed E-state index contributed by atoms with van der Waals surface area (Å²) in [5.41, 5.74) is 3.46. The van der Waals surface area contributed by atoms with Gasteiger partial charge >= 0.3 is 6.09 Å². The van der Waals surface area contributed by atoms with Crippen LogP contribution in [0.5, 0.6) is 5.75 Å². The monoisotopic (exact) mass is 570 g/mol. The molecular formula is C22H24Br2N2O6. The van der Waals surface area contributed by atoms with Crippen molar-refractivity contribution in [3.05, 3.63) is 68.6 Å². The van der Waals surface area contributed by atoms with E-state index in [1.165, 1.54) is 18.7 Å².